The average Bonchev–Trinajstić information content (AvgIpc) is 3.02. The van der Waals surface area contributed by atoms with E-state index in [0.717, 1.165) is 12.8 Å². The monoisotopic (exact) mass is 431 g/mol. The van der Waals surface area contributed by atoms with Crippen LogP contribution in [0.15, 0.2) is 18.2 Å². The van der Waals surface area contributed by atoms with Crippen molar-refractivity contribution >= 4 is 29.3 Å². The van der Waals surface area contributed by atoms with Gasteiger partial charge in [0.25, 0.3) is 5.91 Å². The van der Waals surface area contributed by atoms with Crippen LogP contribution in [0, 0.1) is 5.92 Å². The lowest BCUT2D eigenvalue weighted by Crippen LogP contribution is -2.55. The van der Waals surface area contributed by atoms with Gasteiger partial charge in [-0.15, -0.1) is 0 Å². The Kier molecular flexibility index (Phi) is 5.79. The fourth-order valence-electron chi connectivity index (χ4n) is 4.33. The number of carbonyl (C=O) groups excluding carboxylic acids is 3. The van der Waals surface area contributed by atoms with Gasteiger partial charge in [-0.25, -0.2) is 4.79 Å². The molecule has 2 unspecified atom stereocenters. The molecule has 3 amide bonds. The summed E-state index contributed by atoms with van der Waals surface area (Å²) in [5, 5.41) is 2.93. The quantitative estimate of drug-likeness (QED) is 0.741. The van der Waals surface area contributed by atoms with Crippen molar-refractivity contribution in [3.8, 4) is 5.75 Å². The van der Waals surface area contributed by atoms with E-state index >= 15 is 0 Å². The summed E-state index contributed by atoms with van der Waals surface area (Å²) >= 11 is 0. The van der Waals surface area contributed by atoms with Crippen LogP contribution in [0.2, 0.25) is 0 Å². The predicted molar refractivity (Wildman–Crippen MR) is 113 cm³/mol. The van der Waals surface area contributed by atoms with Crippen molar-refractivity contribution in [1.82, 2.24) is 5.32 Å². The maximum Gasteiger partial charge on any atom is 0.415 e. The zero-order valence-corrected chi connectivity index (χ0v) is 18.2. The highest BCUT2D eigenvalue weighted by Gasteiger charge is 2.54. The van der Waals surface area contributed by atoms with Gasteiger partial charge in [0.1, 0.15) is 25.0 Å². The maximum atomic E-state index is 12.8. The Hall–Kier alpha value is -2.81. The Labute approximate surface area is 181 Å². The van der Waals surface area contributed by atoms with Gasteiger partial charge in [-0.2, -0.15) is 0 Å². The largest absolute Gasteiger partial charge is 0.489 e. The summed E-state index contributed by atoms with van der Waals surface area (Å²) in [5.41, 5.74) is 0.396. The van der Waals surface area contributed by atoms with Gasteiger partial charge in [0, 0.05) is 24.2 Å². The summed E-state index contributed by atoms with van der Waals surface area (Å²) in [6, 6.07) is 4.97. The molecule has 0 radical (unpaired) electrons. The van der Waals surface area contributed by atoms with E-state index in [1.807, 2.05) is 20.8 Å². The number of cyclic esters (lactones) is 1. The predicted octanol–water partition coefficient (Wildman–Crippen LogP) is 2.08. The topological polar surface area (TPSA) is 97.4 Å². The Balaban J connectivity index is 1.51. The van der Waals surface area contributed by atoms with Crippen molar-refractivity contribution in [3.05, 3.63) is 18.2 Å². The van der Waals surface area contributed by atoms with Crippen LogP contribution in [-0.2, 0) is 19.1 Å². The number of nitrogens with zero attached hydrogens (tertiary/aromatic N) is 2. The van der Waals surface area contributed by atoms with E-state index in [1.54, 1.807) is 28.0 Å². The molecule has 1 aromatic carbocycles. The van der Waals surface area contributed by atoms with Crippen LogP contribution in [0.3, 0.4) is 0 Å². The fourth-order valence-corrected chi connectivity index (χ4v) is 4.33. The molecular weight excluding hydrogens is 402 g/mol. The van der Waals surface area contributed by atoms with Crippen LogP contribution in [0.1, 0.15) is 33.6 Å². The second-order valence-corrected chi connectivity index (χ2v) is 8.53. The molecule has 3 aliphatic heterocycles. The van der Waals surface area contributed by atoms with E-state index in [-0.39, 0.29) is 43.5 Å². The van der Waals surface area contributed by atoms with Gasteiger partial charge >= 0.3 is 6.09 Å². The van der Waals surface area contributed by atoms with Crippen molar-refractivity contribution in [1.29, 1.82) is 0 Å². The van der Waals surface area contributed by atoms with Crippen LogP contribution in [-0.4, -0.2) is 62.5 Å². The summed E-state index contributed by atoms with van der Waals surface area (Å²) < 4.78 is 16.9. The fraction of sp³-hybridized carbons (Fsp3) is 0.591. The van der Waals surface area contributed by atoms with E-state index in [1.165, 1.54) is 0 Å². The lowest BCUT2D eigenvalue weighted by atomic mass is 9.94. The Morgan fingerprint density at radius 2 is 2.16 bits per heavy atom. The van der Waals surface area contributed by atoms with Crippen LogP contribution >= 0.6 is 0 Å². The molecule has 2 fully saturated rings. The first-order valence-electron chi connectivity index (χ1n) is 10.8. The zero-order chi connectivity index (χ0) is 22.2. The summed E-state index contributed by atoms with van der Waals surface area (Å²) in [7, 11) is 0. The molecule has 2 saturated heterocycles. The van der Waals surface area contributed by atoms with E-state index < -0.39 is 11.7 Å². The van der Waals surface area contributed by atoms with Gasteiger partial charge in [-0.1, -0.05) is 20.3 Å². The van der Waals surface area contributed by atoms with Crippen molar-refractivity contribution in [2.45, 2.75) is 45.3 Å². The first-order chi connectivity index (χ1) is 14.8. The third-order valence-electron chi connectivity index (χ3n) is 6.21. The van der Waals surface area contributed by atoms with Gasteiger partial charge < -0.3 is 24.4 Å². The number of fused-ring (bicyclic) bond motifs is 3. The molecule has 9 nitrogen and oxygen atoms in total. The van der Waals surface area contributed by atoms with Gasteiger partial charge in [0.05, 0.1) is 18.8 Å². The maximum absolute atomic E-state index is 12.8. The van der Waals surface area contributed by atoms with Gasteiger partial charge in [0.15, 0.2) is 5.60 Å². The summed E-state index contributed by atoms with van der Waals surface area (Å²) in [6.07, 6.45) is 1.27. The molecule has 0 bridgehead atoms. The minimum atomic E-state index is -0.908. The van der Waals surface area contributed by atoms with Gasteiger partial charge in [-0.05, 0) is 25.5 Å². The van der Waals surface area contributed by atoms with Crippen molar-refractivity contribution in [2.75, 3.05) is 42.7 Å². The molecule has 4 rings (SSSR count). The second kappa shape index (κ2) is 8.37. The third-order valence-corrected chi connectivity index (χ3v) is 6.21. The number of hydrogen-bond donors (Lipinski definition) is 1. The summed E-state index contributed by atoms with van der Waals surface area (Å²) in [6.45, 7) is 7.20. The zero-order valence-electron chi connectivity index (χ0n) is 18.2. The Morgan fingerprint density at radius 1 is 1.35 bits per heavy atom. The second-order valence-electron chi connectivity index (χ2n) is 8.53. The highest BCUT2D eigenvalue weighted by Crippen LogP contribution is 2.43. The minimum Gasteiger partial charge on any atom is -0.489 e. The van der Waals surface area contributed by atoms with E-state index in [4.69, 9.17) is 14.2 Å². The van der Waals surface area contributed by atoms with E-state index in [2.05, 4.69) is 5.32 Å². The number of carbonyl (C=O) groups is 3. The molecular formula is C22H29N3O6. The smallest absolute Gasteiger partial charge is 0.415 e. The number of morpholine rings is 1. The highest BCUT2D eigenvalue weighted by molar-refractivity contribution is 5.97. The van der Waals surface area contributed by atoms with Gasteiger partial charge in [0.2, 0.25) is 5.91 Å². The first kappa shape index (κ1) is 21.4. The standard InChI is InChI=1S/C22H29N3O6/c1-4-5-14(2)20(27)23-13-22(3)18-11-30-17-10-15(24-8-9-29-12-19(24)26)6-7-16(17)25(18)21(28)31-22/h6-7,10,14,18H,4-5,8-9,11-13H2,1-3H3,(H,23,27)/t14?,18-,22?/m0/s1. The number of hydrogen-bond acceptors (Lipinski definition) is 6. The van der Waals surface area contributed by atoms with E-state index in [0.29, 0.717) is 30.3 Å². The molecule has 1 aromatic rings. The molecule has 168 valence electrons. The van der Waals surface area contributed by atoms with Crippen molar-refractivity contribution in [3.63, 3.8) is 0 Å². The number of nitrogens with one attached hydrogen (secondary N) is 1. The number of rotatable bonds is 6. The Morgan fingerprint density at radius 3 is 2.90 bits per heavy atom. The van der Waals surface area contributed by atoms with E-state index in [9.17, 15) is 14.4 Å². The Bertz CT molecular complexity index is 890. The van der Waals surface area contributed by atoms with Crippen molar-refractivity contribution < 1.29 is 28.6 Å². The number of amides is 3. The normalized spacial score (nSPS) is 26.0. The molecule has 3 atom stereocenters. The van der Waals surface area contributed by atoms with Crippen LogP contribution < -0.4 is 19.9 Å². The molecule has 0 aromatic heterocycles. The molecule has 3 heterocycles. The average molecular weight is 431 g/mol. The number of anilines is 2. The SMILES string of the molecule is CCCC(C)C(=O)NCC1(C)OC(=O)N2c3ccc(N4CCOCC4=O)cc3OC[C@H]21. The summed E-state index contributed by atoms with van der Waals surface area (Å²) in [4.78, 5) is 40.5. The van der Waals surface area contributed by atoms with Crippen LogP contribution in [0.25, 0.3) is 0 Å². The molecule has 9 heteroatoms. The molecule has 0 spiro atoms. The van der Waals surface area contributed by atoms with Gasteiger partial charge in [-0.3, -0.25) is 14.5 Å². The number of benzene rings is 1. The molecule has 0 saturated carbocycles. The van der Waals surface area contributed by atoms with Crippen LogP contribution in [0.5, 0.6) is 5.75 Å². The first-order valence-corrected chi connectivity index (χ1v) is 10.8. The number of ether oxygens (including phenoxy) is 3. The van der Waals surface area contributed by atoms with Crippen LogP contribution in [0.4, 0.5) is 16.2 Å². The molecule has 0 aliphatic carbocycles. The minimum absolute atomic E-state index is 0.0467. The molecule has 31 heavy (non-hydrogen) atoms. The third kappa shape index (κ3) is 3.94. The summed E-state index contributed by atoms with van der Waals surface area (Å²) in [5.74, 6) is 0.275. The molecule has 1 N–H and O–H groups in total. The molecule has 3 aliphatic rings. The van der Waals surface area contributed by atoms with Crippen molar-refractivity contribution in [2.24, 2.45) is 5.92 Å². The lowest BCUT2D eigenvalue weighted by molar-refractivity contribution is -0.126. The highest BCUT2D eigenvalue weighted by atomic mass is 16.6. The lowest BCUT2D eigenvalue weighted by Gasteiger charge is -2.36.